The molecule has 5 heteroatoms. The summed E-state index contributed by atoms with van der Waals surface area (Å²) in [5, 5.41) is 11.2. The first kappa shape index (κ1) is 13.5. The molecule has 2 aromatic carbocycles. The van der Waals surface area contributed by atoms with Crippen LogP contribution in [0, 0.1) is 0 Å². The summed E-state index contributed by atoms with van der Waals surface area (Å²) in [5.74, 6) is 0.939. The summed E-state index contributed by atoms with van der Waals surface area (Å²) in [6.07, 6.45) is 2.28. The quantitative estimate of drug-likeness (QED) is 0.531. The van der Waals surface area contributed by atoms with E-state index in [-0.39, 0.29) is 11.7 Å². The van der Waals surface area contributed by atoms with Crippen molar-refractivity contribution in [3.63, 3.8) is 0 Å². The molecule has 0 radical (unpaired) electrons. The molecule has 0 saturated carbocycles. The average molecular weight is 332 g/mol. The maximum absolute atomic E-state index is 12.8. The summed E-state index contributed by atoms with van der Waals surface area (Å²) in [5.41, 5.74) is 2.33. The van der Waals surface area contributed by atoms with Crippen LogP contribution in [0.3, 0.4) is 0 Å². The average Bonchev–Trinajstić information content (AvgIpc) is 3.21. The molecule has 2 aromatic heterocycles. The number of hydrogen-bond donors (Lipinski definition) is 1. The molecule has 0 spiro atoms. The molecule has 1 aliphatic heterocycles. The number of imidazole rings is 1. The van der Waals surface area contributed by atoms with Gasteiger partial charge in [0.15, 0.2) is 0 Å². The molecule has 0 amide bonds. The summed E-state index contributed by atoms with van der Waals surface area (Å²) in [6.45, 7) is 0. The highest BCUT2D eigenvalue weighted by molar-refractivity contribution is 7.20. The first-order valence-electron chi connectivity index (χ1n) is 7.64. The fourth-order valence-electron chi connectivity index (χ4n) is 3.23. The third kappa shape index (κ3) is 1.79. The van der Waals surface area contributed by atoms with Gasteiger partial charge in [-0.15, -0.1) is 11.3 Å². The second-order valence-electron chi connectivity index (χ2n) is 5.81. The van der Waals surface area contributed by atoms with E-state index in [1.54, 1.807) is 10.6 Å². The zero-order valence-corrected chi connectivity index (χ0v) is 13.4. The number of rotatable bonds is 1. The van der Waals surface area contributed by atoms with Crippen LogP contribution in [0.2, 0.25) is 0 Å². The van der Waals surface area contributed by atoms with Crippen molar-refractivity contribution in [3.8, 4) is 5.75 Å². The number of carbonyl (C=O) groups excluding carboxylic acids is 1. The molecule has 4 aromatic rings. The Morgan fingerprint density at radius 1 is 1.12 bits per heavy atom. The maximum atomic E-state index is 12.8. The number of aromatic hydroxyl groups is 1. The molecule has 116 valence electrons. The van der Waals surface area contributed by atoms with Crippen LogP contribution >= 0.6 is 11.3 Å². The van der Waals surface area contributed by atoms with E-state index in [0.717, 1.165) is 31.8 Å². The van der Waals surface area contributed by atoms with E-state index in [9.17, 15) is 9.90 Å². The van der Waals surface area contributed by atoms with E-state index in [1.165, 1.54) is 11.3 Å². The number of aromatic nitrogens is 2. The van der Waals surface area contributed by atoms with Crippen LogP contribution in [0.1, 0.15) is 15.5 Å². The third-order valence-electron chi connectivity index (χ3n) is 4.36. The lowest BCUT2D eigenvalue weighted by molar-refractivity contribution is 0.0971. The summed E-state index contributed by atoms with van der Waals surface area (Å²) in [4.78, 5) is 18.0. The van der Waals surface area contributed by atoms with E-state index >= 15 is 0 Å². The summed E-state index contributed by atoms with van der Waals surface area (Å²) in [7, 11) is 0. The Kier molecular flexibility index (Phi) is 2.69. The zero-order valence-electron chi connectivity index (χ0n) is 12.6. The van der Waals surface area contributed by atoms with Crippen molar-refractivity contribution in [2.24, 2.45) is 0 Å². The van der Waals surface area contributed by atoms with Crippen molar-refractivity contribution in [2.75, 3.05) is 0 Å². The van der Waals surface area contributed by atoms with Crippen LogP contribution in [-0.2, 0) is 6.42 Å². The Bertz CT molecular complexity index is 1170. The first-order valence-corrected chi connectivity index (χ1v) is 8.46. The molecule has 1 N–H and O–H groups in total. The van der Waals surface area contributed by atoms with Crippen molar-refractivity contribution in [1.29, 1.82) is 0 Å². The SMILES string of the molecule is O=C1/C(=C\c2sc3ccccc3c2O)Cc2nc3ccccc3n21. The highest BCUT2D eigenvalue weighted by atomic mass is 32.1. The molecule has 5 rings (SSSR count). The molecule has 24 heavy (non-hydrogen) atoms. The van der Waals surface area contributed by atoms with Crippen molar-refractivity contribution >= 4 is 44.4 Å². The van der Waals surface area contributed by atoms with Gasteiger partial charge in [-0.05, 0) is 30.3 Å². The minimum Gasteiger partial charge on any atom is -0.506 e. The predicted octanol–water partition coefficient (Wildman–Crippen LogP) is 4.24. The molecule has 0 fully saturated rings. The van der Waals surface area contributed by atoms with Gasteiger partial charge in [0.2, 0.25) is 0 Å². The van der Waals surface area contributed by atoms with Crippen LogP contribution in [0.5, 0.6) is 5.75 Å². The van der Waals surface area contributed by atoms with E-state index in [0.29, 0.717) is 12.0 Å². The number of fused-ring (bicyclic) bond motifs is 4. The summed E-state index contributed by atoms with van der Waals surface area (Å²) in [6, 6.07) is 15.3. The van der Waals surface area contributed by atoms with Gasteiger partial charge in [0.1, 0.15) is 11.6 Å². The summed E-state index contributed by atoms with van der Waals surface area (Å²) >= 11 is 1.49. The van der Waals surface area contributed by atoms with E-state index in [2.05, 4.69) is 4.98 Å². The van der Waals surface area contributed by atoms with Crippen LogP contribution < -0.4 is 0 Å². The van der Waals surface area contributed by atoms with Gasteiger partial charge in [-0.1, -0.05) is 24.3 Å². The monoisotopic (exact) mass is 332 g/mol. The maximum Gasteiger partial charge on any atom is 0.260 e. The topological polar surface area (TPSA) is 55.1 Å². The molecule has 1 aliphatic rings. The van der Waals surface area contributed by atoms with Gasteiger partial charge in [0.05, 0.1) is 15.9 Å². The van der Waals surface area contributed by atoms with E-state index < -0.39 is 0 Å². The Balaban J connectivity index is 1.63. The van der Waals surface area contributed by atoms with Crippen LogP contribution in [0.4, 0.5) is 0 Å². The van der Waals surface area contributed by atoms with E-state index in [1.807, 2.05) is 48.5 Å². The summed E-state index contributed by atoms with van der Waals surface area (Å²) < 4.78 is 2.68. The fraction of sp³-hybridized carbons (Fsp3) is 0.0526. The zero-order chi connectivity index (χ0) is 16.3. The molecule has 0 aliphatic carbocycles. The molecule has 4 nitrogen and oxygen atoms in total. The Hall–Kier alpha value is -2.92. The van der Waals surface area contributed by atoms with Crippen LogP contribution in [-0.4, -0.2) is 20.6 Å². The van der Waals surface area contributed by atoms with Gasteiger partial charge >= 0.3 is 0 Å². The number of benzene rings is 2. The third-order valence-corrected chi connectivity index (χ3v) is 5.46. The second-order valence-corrected chi connectivity index (χ2v) is 6.90. The van der Waals surface area contributed by atoms with Gasteiger partial charge < -0.3 is 5.11 Å². The second kappa shape index (κ2) is 4.79. The smallest absolute Gasteiger partial charge is 0.260 e. The molecule has 0 atom stereocenters. The number of hydrogen-bond acceptors (Lipinski definition) is 4. The van der Waals surface area contributed by atoms with Gasteiger partial charge in [0, 0.05) is 22.1 Å². The Morgan fingerprint density at radius 2 is 1.92 bits per heavy atom. The molecule has 0 bridgehead atoms. The van der Waals surface area contributed by atoms with Gasteiger partial charge in [-0.2, -0.15) is 0 Å². The van der Waals surface area contributed by atoms with E-state index in [4.69, 9.17) is 0 Å². The fourth-order valence-corrected chi connectivity index (χ4v) is 4.30. The van der Waals surface area contributed by atoms with Gasteiger partial charge in [0.25, 0.3) is 5.91 Å². The number of allylic oxidation sites excluding steroid dienone is 1. The highest BCUT2D eigenvalue weighted by Gasteiger charge is 2.28. The largest absolute Gasteiger partial charge is 0.506 e. The lowest BCUT2D eigenvalue weighted by Gasteiger charge is -1.98. The lowest BCUT2D eigenvalue weighted by atomic mass is 10.1. The molecular formula is C19H12N2O2S. The van der Waals surface area contributed by atoms with Gasteiger partial charge in [-0.3, -0.25) is 9.36 Å². The Labute approximate surface area is 141 Å². The molecular weight excluding hydrogens is 320 g/mol. The van der Waals surface area contributed by atoms with Crippen molar-refractivity contribution in [2.45, 2.75) is 6.42 Å². The minimum atomic E-state index is -0.0597. The first-order chi connectivity index (χ1) is 11.7. The molecule has 0 unspecified atom stereocenters. The van der Waals surface area contributed by atoms with Crippen molar-refractivity contribution < 1.29 is 9.90 Å². The number of thiophene rings is 1. The van der Waals surface area contributed by atoms with Crippen molar-refractivity contribution in [3.05, 3.63) is 64.8 Å². The number of para-hydroxylation sites is 2. The minimum absolute atomic E-state index is 0.0597. The highest BCUT2D eigenvalue weighted by Crippen LogP contribution is 2.39. The number of nitrogens with zero attached hydrogens (tertiary/aromatic N) is 2. The predicted molar refractivity (Wildman–Crippen MR) is 95.5 cm³/mol. The number of carbonyl (C=O) groups is 1. The Morgan fingerprint density at radius 3 is 2.79 bits per heavy atom. The molecule has 0 saturated heterocycles. The normalized spacial score (nSPS) is 15.7. The van der Waals surface area contributed by atoms with Crippen molar-refractivity contribution in [1.82, 2.24) is 9.55 Å². The standard InChI is InChI=1S/C19H12N2O2S/c22-18-12-5-1-4-8-15(12)24-16(18)9-11-10-17-20-13-6-2-3-7-14(13)21(17)19(11)23/h1-9,22H,10H2/b11-9-. The van der Waals surface area contributed by atoms with Gasteiger partial charge in [-0.25, -0.2) is 4.98 Å². The molecule has 3 heterocycles. The van der Waals surface area contributed by atoms with Crippen LogP contribution in [0.15, 0.2) is 54.1 Å². The van der Waals surface area contributed by atoms with Crippen LogP contribution in [0.25, 0.3) is 27.2 Å². The lowest BCUT2D eigenvalue weighted by Crippen LogP contribution is -2.05.